The molecule has 0 radical (unpaired) electrons. The van der Waals surface area contributed by atoms with Gasteiger partial charge in [-0.2, -0.15) is 0 Å². The van der Waals surface area contributed by atoms with E-state index in [9.17, 15) is 5.11 Å². The molecule has 1 N–H and O–H groups in total. The standard InChI is InChI=1S/C16H18O2/c1-2-7-16(17)13-8-6-11-15(12-13)18-14-9-4-3-5-10-14/h3-6,8-12,16-17H,2,7H2,1H3. The predicted molar refractivity (Wildman–Crippen MR) is 72.8 cm³/mol. The highest BCUT2D eigenvalue weighted by Crippen LogP contribution is 2.26. The van der Waals surface area contributed by atoms with E-state index in [0.29, 0.717) is 0 Å². The van der Waals surface area contributed by atoms with Crippen molar-refractivity contribution in [3.05, 3.63) is 60.2 Å². The van der Waals surface area contributed by atoms with Gasteiger partial charge < -0.3 is 9.84 Å². The molecule has 0 aliphatic carbocycles. The van der Waals surface area contributed by atoms with Gasteiger partial charge in [-0.1, -0.05) is 43.7 Å². The SMILES string of the molecule is CCCC(O)c1cccc(Oc2ccccc2)c1. The second-order valence-electron chi connectivity index (χ2n) is 4.29. The van der Waals surface area contributed by atoms with E-state index in [4.69, 9.17) is 4.74 Å². The number of hydrogen-bond acceptors (Lipinski definition) is 2. The van der Waals surface area contributed by atoms with Crippen molar-refractivity contribution in [2.75, 3.05) is 0 Å². The highest BCUT2D eigenvalue weighted by Gasteiger charge is 2.07. The molecule has 1 atom stereocenters. The highest BCUT2D eigenvalue weighted by atomic mass is 16.5. The normalized spacial score (nSPS) is 12.1. The lowest BCUT2D eigenvalue weighted by Gasteiger charge is -2.11. The summed E-state index contributed by atoms with van der Waals surface area (Å²) in [5.41, 5.74) is 0.908. The van der Waals surface area contributed by atoms with Gasteiger partial charge in [-0.15, -0.1) is 0 Å². The Bertz CT molecular complexity index is 479. The minimum atomic E-state index is -0.408. The van der Waals surface area contributed by atoms with Crippen molar-refractivity contribution in [2.24, 2.45) is 0 Å². The monoisotopic (exact) mass is 242 g/mol. The summed E-state index contributed by atoms with van der Waals surface area (Å²) in [5.74, 6) is 1.56. The number of para-hydroxylation sites is 1. The molecule has 0 amide bonds. The Morgan fingerprint density at radius 1 is 1.00 bits per heavy atom. The van der Waals surface area contributed by atoms with E-state index in [0.717, 1.165) is 29.9 Å². The number of rotatable bonds is 5. The van der Waals surface area contributed by atoms with Gasteiger partial charge in [0, 0.05) is 0 Å². The van der Waals surface area contributed by atoms with Crippen molar-refractivity contribution in [1.82, 2.24) is 0 Å². The first-order chi connectivity index (χ1) is 8.79. The summed E-state index contributed by atoms with van der Waals surface area (Å²) in [5, 5.41) is 9.96. The fourth-order valence-corrected chi connectivity index (χ4v) is 1.85. The van der Waals surface area contributed by atoms with E-state index in [-0.39, 0.29) is 0 Å². The van der Waals surface area contributed by atoms with E-state index in [2.05, 4.69) is 6.92 Å². The lowest BCUT2D eigenvalue weighted by atomic mass is 10.1. The highest BCUT2D eigenvalue weighted by molar-refractivity contribution is 5.34. The third-order valence-electron chi connectivity index (χ3n) is 2.78. The molecule has 0 saturated heterocycles. The van der Waals surface area contributed by atoms with Crippen LogP contribution in [0.25, 0.3) is 0 Å². The molecule has 0 saturated carbocycles. The minimum Gasteiger partial charge on any atom is -0.457 e. The first-order valence-electron chi connectivity index (χ1n) is 6.30. The first-order valence-corrected chi connectivity index (χ1v) is 6.30. The fraction of sp³-hybridized carbons (Fsp3) is 0.250. The van der Waals surface area contributed by atoms with Crippen LogP contribution in [0, 0.1) is 0 Å². The molecule has 2 rings (SSSR count). The summed E-state index contributed by atoms with van der Waals surface area (Å²) in [6, 6.07) is 17.3. The molecule has 0 aromatic heterocycles. The van der Waals surface area contributed by atoms with Gasteiger partial charge in [0.05, 0.1) is 6.10 Å². The van der Waals surface area contributed by atoms with Gasteiger partial charge >= 0.3 is 0 Å². The summed E-state index contributed by atoms with van der Waals surface area (Å²) in [7, 11) is 0. The van der Waals surface area contributed by atoms with E-state index < -0.39 is 6.10 Å². The van der Waals surface area contributed by atoms with E-state index in [1.54, 1.807) is 0 Å². The average molecular weight is 242 g/mol. The number of aliphatic hydroxyl groups is 1. The van der Waals surface area contributed by atoms with E-state index >= 15 is 0 Å². The lowest BCUT2D eigenvalue weighted by Crippen LogP contribution is -1.96. The number of aliphatic hydroxyl groups excluding tert-OH is 1. The molecule has 0 aliphatic rings. The molecule has 1 unspecified atom stereocenters. The summed E-state index contributed by atoms with van der Waals surface area (Å²) in [6.07, 6.45) is 1.33. The molecule has 2 aromatic rings. The van der Waals surface area contributed by atoms with Crippen LogP contribution in [-0.2, 0) is 0 Å². The van der Waals surface area contributed by atoms with Gasteiger partial charge in [-0.25, -0.2) is 0 Å². The molecule has 0 heterocycles. The van der Waals surface area contributed by atoms with Gasteiger partial charge in [0.1, 0.15) is 11.5 Å². The van der Waals surface area contributed by atoms with Gasteiger partial charge in [0.2, 0.25) is 0 Å². The maximum absolute atomic E-state index is 9.96. The molecular weight excluding hydrogens is 224 g/mol. The molecular formula is C16H18O2. The Kier molecular flexibility index (Phi) is 4.37. The maximum atomic E-state index is 9.96. The van der Waals surface area contributed by atoms with E-state index in [1.165, 1.54) is 0 Å². The van der Waals surface area contributed by atoms with Crippen LogP contribution in [0.2, 0.25) is 0 Å². The average Bonchev–Trinajstić information content (AvgIpc) is 2.40. The second-order valence-corrected chi connectivity index (χ2v) is 4.29. The molecule has 0 fully saturated rings. The Labute approximate surface area is 108 Å². The van der Waals surface area contributed by atoms with E-state index in [1.807, 2.05) is 54.6 Å². The van der Waals surface area contributed by atoms with Crippen molar-refractivity contribution in [3.63, 3.8) is 0 Å². The Morgan fingerprint density at radius 3 is 2.44 bits per heavy atom. The Balaban J connectivity index is 2.12. The molecule has 0 spiro atoms. The first kappa shape index (κ1) is 12.7. The zero-order chi connectivity index (χ0) is 12.8. The smallest absolute Gasteiger partial charge is 0.127 e. The molecule has 94 valence electrons. The summed E-state index contributed by atoms with van der Waals surface area (Å²) in [6.45, 7) is 2.06. The van der Waals surface area contributed by atoms with Gasteiger partial charge in [0.25, 0.3) is 0 Å². The second kappa shape index (κ2) is 6.22. The fourth-order valence-electron chi connectivity index (χ4n) is 1.85. The molecule has 0 aliphatic heterocycles. The van der Waals surface area contributed by atoms with Crippen LogP contribution in [0.1, 0.15) is 31.4 Å². The van der Waals surface area contributed by atoms with Crippen molar-refractivity contribution in [1.29, 1.82) is 0 Å². The Hall–Kier alpha value is -1.80. The number of ether oxygens (including phenoxy) is 1. The van der Waals surface area contributed by atoms with Crippen LogP contribution >= 0.6 is 0 Å². The van der Waals surface area contributed by atoms with Crippen molar-refractivity contribution in [2.45, 2.75) is 25.9 Å². The number of hydrogen-bond donors (Lipinski definition) is 1. The summed E-state index contributed by atoms with van der Waals surface area (Å²) in [4.78, 5) is 0. The van der Waals surface area contributed by atoms with Gasteiger partial charge in [-0.3, -0.25) is 0 Å². The van der Waals surface area contributed by atoms with Gasteiger partial charge in [-0.05, 0) is 36.2 Å². The molecule has 2 aromatic carbocycles. The molecule has 2 heteroatoms. The zero-order valence-electron chi connectivity index (χ0n) is 10.5. The molecule has 2 nitrogen and oxygen atoms in total. The maximum Gasteiger partial charge on any atom is 0.127 e. The minimum absolute atomic E-state index is 0.408. The number of benzene rings is 2. The zero-order valence-corrected chi connectivity index (χ0v) is 10.5. The largest absolute Gasteiger partial charge is 0.457 e. The van der Waals surface area contributed by atoms with Gasteiger partial charge in [0.15, 0.2) is 0 Å². The van der Waals surface area contributed by atoms with Crippen LogP contribution in [0.3, 0.4) is 0 Å². The van der Waals surface area contributed by atoms with Crippen molar-refractivity contribution in [3.8, 4) is 11.5 Å². The van der Waals surface area contributed by atoms with Crippen LogP contribution in [-0.4, -0.2) is 5.11 Å². The Morgan fingerprint density at radius 2 is 1.72 bits per heavy atom. The van der Waals surface area contributed by atoms with Crippen LogP contribution < -0.4 is 4.74 Å². The molecule has 0 bridgehead atoms. The van der Waals surface area contributed by atoms with Crippen LogP contribution in [0.15, 0.2) is 54.6 Å². The van der Waals surface area contributed by atoms with Crippen LogP contribution in [0.5, 0.6) is 11.5 Å². The molecule has 18 heavy (non-hydrogen) atoms. The predicted octanol–water partition coefficient (Wildman–Crippen LogP) is 4.31. The summed E-state index contributed by atoms with van der Waals surface area (Å²) >= 11 is 0. The quantitative estimate of drug-likeness (QED) is 0.846. The lowest BCUT2D eigenvalue weighted by molar-refractivity contribution is 0.166. The summed E-state index contributed by atoms with van der Waals surface area (Å²) < 4.78 is 5.74. The van der Waals surface area contributed by atoms with Crippen LogP contribution in [0.4, 0.5) is 0 Å². The van der Waals surface area contributed by atoms with Crippen molar-refractivity contribution >= 4 is 0 Å². The van der Waals surface area contributed by atoms with Crippen molar-refractivity contribution < 1.29 is 9.84 Å². The third kappa shape index (κ3) is 3.34. The topological polar surface area (TPSA) is 29.5 Å². The third-order valence-corrected chi connectivity index (χ3v) is 2.78.